The number of nitrogens with zero attached hydrogens (tertiary/aromatic N) is 2. The number of anilines is 2. The van der Waals surface area contributed by atoms with Gasteiger partial charge in [0.1, 0.15) is 5.82 Å². The molecule has 8 heteroatoms. The van der Waals surface area contributed by atoms with E-state index in [1.165, 1.54) is 11.3 Å². The average Bonchev–Trinajstić information content (AvgIpc) is 3.53. The van der Waals surface area contributed by atoms with Crippen LogP contribution in [-0.4, -0.2) is 20.9 Å². The van der Waals surface area contributed by atoms with Gasteiger partial charge in [0.25, 0.3) is 0 Å². The summed E-state index contributed by atoms with van der Waals surface area (Å²) in [6.45, 7) is 0.544. The number of ketones is 1. The molecule has 184 valence electrons. The number of hydrogen-bond donors (Lipinski definition) is 3. The number of carbonyl (C=O) groups excluding carboxylic acids is 1. The normalized spacial score (nSPS) is 14.6. The summed E-state index contributed by atoms with van der Waals surface area (Å²) in [5, 5.41) is 19.5. The van der Waals surface area contributed by atoms with Crippen molar-refractivity contribution in [2.24, 2.45) is 0 Å². The molecule has 3 aromatic carbocycles. The van der Waals surface area contributed by atoms with E-state index in [1.54, 1.807) is 11.8 Å². The Morgan fingerprint density at radius 2 is 1.65 bits per heavy atom. The number of thiophene rings is 1. The highest BCUT2D eigenvalue weighted by molar-refractivity contribution is 7.99. The molecule has 0 amide bonds. The molecule has 0 saturated carbocycles. The smallest absolute Gasteiger partial charge is 0.225 e. The molecular weight excluding hydrogens is 500 g/mol. The van der Waals surface area contributed by atoms with Gasteiger partial charge < -0.3 is 15.7 Å². The molecule has 2 heterocycles. The van der Waals surface area contributed by atoms with Gasteiger partial charge in [0.15, 0.2) is 5.78 Å². The third-order valence-electron chi connectivity index (χ3n) is 6.40. The fourth-order valence-corrected chi connectivity index (χ4v) is 6.52. The number of aliphatic hydroxyl groups is 1. The van der Waals surface area contributed by atoms with Crippen molar-refractivity contribution in [2.45, 2.75) is 35.4 Å². The highest BCUT2D eigenvalue weighted by Crippen LogP contribution is 2.38. The Morgan fingerprint density at radius 3 is 2.49 bits per heavy atom. The number of para-hydroxylation sites is 1. The molecule has 3 N–H and O–H groups in total. The first kappa shape index (κ1) is 23.7. The number of rotatable bonds is 8. The van der Waals surface area contributed by atoms with E-state index in [1.807, 2.05) is 72.1 Å². The van der Waals surface area contributed by atoms with Gasteiger partial charge in [0, 0.05) is 28.1 Å². The Morgan fingerprint density at radius 1 is 0.919 bits per heavy atom. The molecule has 0 radical (unpaired) electrons. The maximum atomic E-state index is 12.4. The molecule has 37 heavy (non-hydrogen) atoms. The van der Waals surface area contributed by atoms with Gasteiger partial charge in [-0.3, -0.25) is 4.79 Å². The lowest BCUT2D eigenvalue weighted by molar-refractivity contribution is 0.0994. The number of fused-ring (bicyclic) bond motifs is 2. The van der Waals surface area contributed by atoms with Crippen molar-refractivity contribution in [1.82, 2.24) is 9.97 Å². The van der Waals surface area contributed by atoms with Crippen LogP contribution in [0.2, 0.25) is 0 Å². The van der Waals surface area contributed by atoms with Crippen LogP contribution >= 0.6 is 23.1 Å². The minimum Gasteiger partial charge on any atom is -0.392 e. The predicted octanol–water partition coefficient (Wildman–Crippen LogP) is 6.69. The zero-order valence-electron chi connectivity index (χ0n) is 19.8. The molecule has 1 unspecified atom stereocenters. The van der Waals surface area contributed by atoms with Crippen molar-refractivity contribution in [3.8, 4) is 0 Å². The highest BCUT2D eigenvalue weighted by atomic mass is 32.2. The lowest BCUT2D eigenvalue weighted by atomic mass is 10.1. The van der Waals surface area contributed by atoms with E-state index >= 15 is 0 Å². The zero-order valence-corrected chi connectivity index (χ0v) is 21.5. The molecule has 0 fully saturated rings. The second-order valence-corrected chi connectivity index (χ2v) is 10.8. The van der Waals surface area contributed by atoms with E-state index in [4.69, 9.17) is 9.97 Å². The van der Waals surface area contributed by atoms with E-state index in [0.717, 1.165) is 42.3 Å². The Hall–Kier alpha value is -3.72. The molecule has 0 spiro atoms. The number of aliphatic hydroxyl groups excluding tert-OH is 1. The van der Waals surface area contributed by atoms with Gasteiger partial charge in [0.2, 0.25) is 5.95 Å². The summed E-state index contributed by atoms with van der Waals surface area (Å²) in [6.07, 6.45) is 0.434. The van der Waals surface area contributed by atoms with Gasteiger partial charge in [0.05, 0.1) is 23.0 Å². The molecule has 1 atom stereocenters. The van der Waals surface area contributed by atoms with E-state index in [9.17, 15) is 9.90 Å². The molecular formula is C29H24N4O2S2. The summed E-state index contributed by atoms with van der Waals surface area (Å²) >= 11 is 3.14. The fourth-order valence-electron chi connectivity index (χ4n) is 4.54. The minimum absolute atomic E-state index is 0.00373. The second-order valence-electron chi connectivity index (χ2n) is 8.77. The minimum atomic E-state index is -0.0939. The van der Waals surface area contributed by atoms with Gasteiger partial charge in [-0.15, -0.1) is 11.3 Å². The van der Waals surface area contributed by atoms with E-state index < -0.39 is 0 Å². The molecule has 5 aromatic rings. The lowest BCUT2D eigenvalue weighted by Gasteiger charge is -2.17. The highest BCUT2D eigenvalue weighted by Gasteiger charge is 2.31. The number of hydrogen-bond acceptors (Lipinski definition) is 8. The quantitative estimate of drug-likeness (QED) is 0.209. The molecule has 0 bridgehead atoms. The van der Waals surface area contributed by atoms with Gasteiger partial charge >= 0.3 is 0 Å². The van der Waals surface area contributed by atoms with Crippen LogP contribution < -0.4 is 10.6 Å². The molecule has 0 saturated heterocycles. The first-order valence-corrected chi connectivity index (χ1v) is 13.7. The number of carbonyl (C=O) groups is 1. The second kappa shape index (κ2) is 10.3. The molecule has 2 aromatic heterocycles. The van der Waals surface area contributed by atoms with Crippen LogP contribution in [0.15, 0.2) is 94.0 Å². The Balaban J connectivity index is 1.26. The standard InChI is InChI=1S/C29H24N4O2S2/c34-17-19-8-2-6-12-26(19)37-25-11-5-1-7-18(25)16-30-29-32-22-10-4-3-9-21(22)28(33-29)31-23-15-24(35)27-20(23)13-14-36-27/h1-14,23,34H,15-17H2,(H2,30,31,32,33). The topological polar surface area (TPSA) is 87.1 Å². The maximum Gasteiger partial charge on any atom is 0.225 e. The van der Waals surface area contributed by atoms with Crippen molar-refractivity contribution in [2.75, 3.05) is 10.6 Å². The first-order chi connectivity index (χ1) is 18.2. The largest absolute Gasteiger partial charge is 0.392 e. The van der Waals surface area contributed by atoms with Crippen molar-refractivity contribution >= 4 is 51.6 Å². The molecule has 1 aliphatic carbocycles. The van der Waals surface area contributed by atoms with Crippen LogP contribution in [0.3, 0.4) is 0 Å². The molecule has 6 nitrogen and oxygen atoms in total. The van der Waals surface area contributed by atoms with Crippen LogP contribution in [0.25, 0.3) is 10.9 Å². The fraction of sp³-hybridized carbons (Fsp3) is 0.138. The summed E-state index contributed by atoms with van der Waals surface area (Å²) in [5.74, 6) is 1.41. The zero-order chi connectivity index (χ0) is 25.2. The Labute approximate surface area is 222 Å². The summed E-state index contributed by atoms with van der Waals surface area (Å²) in [6, 6.07) is 25.9. The summed E-state index contributed by atoms with van der Waals surface area (Å²) in [5.41, 5.74) is 3.89. The van der Waals surface area contributed by atoms with Gasteiger partial charge in [-0.05, 0) is 52.4 Å². The SMILES string of the molecule is O=C1CC(Nc2nc(NCc3ccccc3Sc3ccccc3CO)nc3ccccc23)c2ccsc21. The molecule has 0 aliphatic heterocycles. The van der Waals surface area contributed by atoms with Crippen LogP contribution in [0, 0.1) is 0 Å². The van der Waals surface area contributed by atoms with Crippen molar-refractivity contribution in [3.05, 3.63) is 106 Å². The van der Waals surface area contributed by atoms with Gasteiger partial charge in [-0.2, -0.15) is 4.98 Å². The number of nitrogens with one attached hydrogen (secondary N) is 2. The van der Waals surface area contributed by atoms with Crippen LogP contribution in [-0.2, 0) is 13.2 Å². The number of aromatic nitrogens is 2. The van der Waals surface area contributed by atoms with Gasteiger partial charge in [-0.25, -0.2) is 4.98 Å². The summed E-state index contributed by atoms with van der Waals surface area (Å²) in [7, 11) is 0. The number of Topliss-reactive ketones (excluding diaryl/α,β-unsaturated/α-hetero) is 1. The summed E-state index contributed by atoms with van der Waals surface area (Å²) in [4.78, 5) is 25.0. The van der Waals surface area contributed by atoms with E-state index in [2.05, 4.69) is 22.8 Å². The van der Waals surface area contributed by atoms with E-state index in [-0.39, 0.29) is 18.4 Å². The number of benzene rings is 3. The third-order valence-corrected chi connectivity index (χ3v) is 8.61. The average molecular weight is 525 g/mol. The summed E-state index contributed by atoms with van der Waals surface area (Å²) < 4.78 is 0. The monoisotopic (exact) mass is 524 g/mol. The predicted molar refractivity (Wildman–Crippen MR) is 149 cm³/mol. The third kappa shape index (κ3) is 4.83. The van der Waals surface area contributed by atoms with Gasteiger partial charge in [-0.1, -0.05) is 60.3 Å². The first-order valence-electron chi connectivity index (χ1n) is 12.0. The van der Waals surface area contributed by atoms with Crippen molar-refractivity contribution < 1.29 is 9.90 Å². The van der Waals surface area contributed by atoms with Crippen LogP contribution in [0.1, 0.15) is 38.8 Å². The van der Waals surface area contributed by atoms with Crippen LogP contribution in [0.5, 0.6) is 0 Å². The molecule has 1 aliphatic rings. The molecule has 6 rings (SSSR count). The van der Waals surface area contributed by atoms with Crippen molar-refractivity contribution in [1.29, 1.82) is 0 Å². The lowest BCUT2D eigenvalue weighted by Crippen LogP contribution is -2.12. The van der Waals surface area contributed by atoms with Crippen molar-refractivity contribution in [3.63, 3.8) is 0 Å². The van der Waals surface area contributed by atoms with Crippen LogP contribution in [0.4, 0.5) is 11.8 Å². The maximum absolute atomic E-state index is 12.4. The Kier molecular flexibility index (Phi) is 6.61. The Bertz CT molecular complexity index is 1600. The van der Waals surface area contributed by atoms with E-state index in [0.29, 0.717) is 24.7 Å².